The van der Waals surface area contributed by atoms with Crippen LogP contribution in [0.15, 0.2) is 0 Å². The smallest absolute Gasteiger partial charge is 0.0936 e. The van der Waals surface area contributed by atoms with Crippen LogP contribution in [0.1, 0.15) is 58.3 Å². The predicted octanol–water partition coefficient (Wildman–Crippen LogP) is 2.23. The summed E-state index contributed by atoms with van der Waals surface area (Å²) < 4.78 is 0. The maximum atomic E-state index is 10.6. The summed E-state index contributed by atoms with van der Waals surface area (Å²) in [6, 6.07) is 0. The Morgan fingerprint density at radius 3 is 2.60 bits per heavy atom. The van der Waals surface area contributed by atoms with E-state index in [2.05, 4.69) is 0 Å². The zero-order chi connectivity index (χ0) is 10.7. The van der Waals surface area contributed by atoms with Crippen molar-refractivity contribution >= 4 is 0 Å². The lowest BCUT2D eigenvalue weighted by Gasteiger charge is -2.57. The van der Waals surface area contributed by atoms with Gasteiger partial charge in [0.15, 0.2) is 0 Å². The summed E-state index contributed by atoms with van der Waals surface area (Å²) in [5.41, 5.74) is -1.23. The zero-order valence-corrected chi connectivity index (χ0v) is 9.63. The fourth-order valence-electron chi connectivity index (χ4n) is 4.58. The van der Waals surface area contributed by atoms with Crippen LogP contribution < -0.4 is 0 Å². The van der Waals surface area contributed by atoms with Crippen molar-refractivity contribution < 1.29 is 10.2 Å². The van der Waals surface area contributed by atoms with Crippen molar-refractivity contribution in [2.75, 3.05) is 0 Å². The lowest BCUT2D eigenvalue weighted by molar-refractivity contribution is -0.220. The molecular weight excluding hydrogens is 188 g/mol. The van der Waals surface area contributed by atoms with Gasteiger partial charge in [-0.2, -0.15) is 0 Å². The summed E-state index contributed by atoms with van der Waals surface area (Å²) >= 11 is 0. The molecule has 3 fully saturated rings. The van der Waals surface area contributed by atoms with E-state index in [1.165, 1.54) is 19.3 Å². The maximum Gasteiger partial charge on any atom is 0.0936 e. The minimum atomic E-state index is -0.841. The third-order valence-electron chi connectivity index (χ3n) is 5.76. The normalized spacial score (nSPS) is 59.0. The molecule has 0 aromatic rings. The highest BCUT2D eigenvalue weighted by molar-refractivity contribution is 5.12. The summed E-state index contributed by atoms with van der Waals surface area (Å²) in [4.78, 5) is 0. The Hall–Kier alpha value is -0.0800. The van der Waals surface area contributed by atoms with Crippen LogP contribution in [0, 0.1) is 11.3 Å². The summed E-state index contributed by atoms with van der Waals surface area (Å²) in [5, 5.41) is 20.9. The molecule has 0 unspecified atom stereocenters. The number of rotatable bonds is 0. The van der Waals surface area contributed by atoms with Crippen LogP contribution >= 0.6 is 0 Å². The minimum absolute atomic E-state index is 0.398. The quantitative estimate of drug-likeness (QED) is 0.643. The zero-order valence-electron chi connectivity index (χ0n) is 9.63. The van der Waals surface area contributed by atoms with E-state index < -0.39 is 11.2 Å². The third-order valence-corrected chi connectivity index (χ3v) is 5.76. The molecule has 0 aromatic heterocycles. The number of aliphatic hydroxyl groups is 2. The van der Waals surface area contributed by atoms with Gasteiger partial charge in [0.1, 0.15) is 0 Å². The van der Waals surface area contributed by atoms with Gasteiger partial charge in [0.2, 0.25) is 0 Å². The van der Waals surface area contributed by atoms with E-state index in [1.807, 2.05) is 6.92 Å². The molecule has 4 atom stereocenters. The second-order valence-corrected chi connectivity index (χ2v) is 6.47. The molecule has 2 N–H and O–H groups in total. The Balaban J connectivity index is 1.96. The Morgan fingerprint density at radius 1 is 1.00 bits per heavy atom. The predicted molar refractivity (Wildman–Crippen MR) is 58.4 cm³/mol. The lowest BCUT2D eigenvalue weighted by atomic mass is 9.52. The SMILES string of the molecule is C[C@@]1(O)CC[C@@]23CCC[C@@H]2CC[C@]1(O)C3. The first kappa shape index (κ1) is 10.1. The Kier molecular flexibility index (Phi) is 1.87. The highest BCUT2D eigenvalue weighted by Gasteiger charge is 2.61. The third kappa shape index (κ3) is 1.18. The summed E-state index contributed by atoms with van der Waals surface area (Å²) in [6.07, 6.45) is 8.71. The average Bonchev–Trinajstić information content (AvgIpc) is 2.56. The molecule has 0 radical (unpaired) electrons. The van der Waals surface area contributed by atoms with Crippen molar-refractivity contribution in [2.45, 2.75) is 69.5 Å². The van der Waals surface area contributed by atoms with Gasteiger partial charge in [-0.1, -0.05) is 6.42 Å². The Bertz CT molecular complexity index is 286. The number of fused-ring (bicyclic) bond motifs is 1. The number of hydrogen-bond acceptors (Lipinski definition) is 2. The molecule has 86 valence electrons. The highest BCUT2D eigenvalue weighted by Crippen LogP contribution is 2.63. The molecule has 1 spiro atoms. The molecule has 3 aliphatic rings. The molecule has 0 amide bonds. The molecule has 3 saturated carbocycles. The topological polar surface area (TPSA) is 40.5 Å². The summed E-state index contributed by atoms with van der Waals surface area (Å²) in [5.74, 6) is 0.842. The van der Waals surface area contributed by atoms with Gasteiger partial charge >= 0.3 is 0 Å². The van der Waals surface area contributed by atoms with Crippen LogP contribution in [0.5, 0.6) is 0 Å². The second kappa shape index (κ2) is 2.78. The standard InChI is InChI=1S/C13H22O2/c1-11(14)7-8-12-5-2-3-10(12)4-6-13(11,15)9-12/h10,14-15H,2-9H2,1H3/t10-,11-,12-,13+/m1/s1. The van der Waals surface area contributed by atoms with Crippen molar-refractivity contribution in [3.05, 3.63) is 0 Å². The lowest BCUT2D eigenvalue weighted by Crippen LogP contribution is -2.62. The fraction of sp³-hybridized carbons (Fsp3) is 1.00. The van der Waals surface area contributed by atoms with E-state index in [9.17, 15) is 10.2 Å². The maximum absolute atomic E-state index is 10.6. The Morgan fingerprint density at radius 2 is 1.80 bits per heavy atom. The van der Waals surface area contributed by atoms with Gasteiger partial charge in [-0.25, -0.2) is 0 Å². The monoisotopic (exact) mass is 210 g/mol. The van der Waals surface area contributed by atoms with Gasteiger partial charge in [0.25, 0.3) is 0 Å². The molecule has 0 aliphatic heterocycles. The van der Waals surface area contributed by atoms with Crippen molar-refractivity contribution in [1.29, 1.82) is 0 Å². The first-order valence-corrected chi connectivity index (χ1v) is 6.42. The van der Waals surface area contributed by atoms with Gasteiger partial charge in [-0.05, 0) is 63.2 Å². The minimum Gasteiger partial charge on any atom is -0.387 e. The van der Waals surface area contributed by atoms with E-state index in [1.54, 1.807) is 0 Å². The van der Waals surface area contributed by atoms with Gasteiger partial charge in [-0.3, -0.25) is 0 Å². The van der Waals surface area contributed by atoms with Crippen LogP contribution in [-0.2, 0) is 0 Å². The van der Waals surface area contributed by atoms with Gasteiger partial charge in [0, 0.05) is 0 Å². The van der Waals surface area contributed by atoms with E-state index in [0.717, 1.165) is 38.0 Å². The van der Waals surface area contributed by atoms with E-state index in [4.69, 9.17) is 0 Å². The van der Waals surface area contributed by atoms with Crippen LogP contribution in [0.4, 0.5) is 0 Å². The van der Waals surface area contributed by atoms with E-state index >= 15 is 0 Å². The van der Waals surface area contributed by atoms with Gasteiger partial charge in [-0.15, -0.1) is 0 Å². The van der Waals surface area contributed by atoms with Crippen LogP contribution in [0.25, 0.3) is 0 Å². The molecule has 2 bridgehead atoms. The molecule has 0 aromatic carbocycles. The first-order valence-electron chi connectivity index (χ1n) is 6.42. The number of hydrogen-bond donors (Lipinski definition) is 2. The first-order chi connectivity index (χ1) is 6.98. The van der Waals surface area contributed by atoms with Gasteiger partial charge < -0.3 is 10.2 Å². The van der Waals surface area contributed by atoms with Crippen molar-refractivity contribution in [2.24, 2.45) is 11.3 Å². The summed E-state index contributed by atoms with van der Waals surface area (Å²) in [7, 11) is 0. The van der Waals surface area contributed by atoms with E-state index in [-0.39, 0.29) is 0 Å². The molecule has 15 heavy (non-hydrogen) atoms. The van der Waals surface area contributed by atoms with E-state index in [0.29, 0.717) is 5.41 Å². The molecule has 2 nitrogen and oxygen atoms in total. The molecule has 3 rings (SSSR count). The van der Waals surface area contributed by atoms with Gasteiger partial charge in [0.05, 0.1) is 11.2 Å². The molecule has 0 saturated heterocycles. The largest absolute Gasteiger partial charge is 0.387 e. The Labute approximate surface area is 91.7 Å². The highest BCUT2D eigenvalue weighted by atomic mass is 16.4. The van der Waals surface area contributed by atoms with Crippen molar-refractivity contribution in [3.63, 3.8) is 0 Å². The van der Waals surface area contributed by atoms with Crippen LogP contribution in [0.2, 0.25) is 0 Å². The molecule has 0 heterocycles. The van der Waals surface area contributed by atoms with Crippen LogP contribution in [0.3, 0.4) is 0 Å². The van der Waals surface area contributed by atoms with Crippen molar-refractivity contribution in [1.82, 2.24) is 0 Å². The molecule has 3 aliphatic carbocycles. The molecular formula is C13H22O2. The average molecular weight is 210 g/mol. The second-order valence-electron chi connectivity index (χ2n) is 6.47. The fourth-order valence-corrected chi connectivity index (χ4v) is 4.58. The van der Waals surface area contributed by atoms with Crippen LogP contribution in [-0.4, -0.2) is 21.4 Å². The molecule has 2 heteroatoms. The summed E-state index contributed by atoms with van der Waals surface area (Å²) in [6.45, 7) is 1.83. The van der Waals surface area contributed by atoms with Crippen molar-refractivity contribution in [3.8, 4) is 0 Å².